The molecule has 2 fully saturated rings. The van der Waals surface area contributed by atoms with Gasteiger partial charge < -0.3 is 20.6 Å². The van der Waals surface area contributed by atoms with E-state index in [9.17, 15) is 0 Å². The van der Waals surface area contributed by atoms with E-state index in [0.717, 1.165) is 67.1 Å². The summed E-state index contributed by atoms with van der Waals surface area (Å²) in [6.07, 6.45) is 8.94. The normalized spacial score (nSPS) is 22.7. The lowest BCUT2D eigenvalue weighted by molar-refractivity contribution is 0.525. The Kier molecular flexibility index (Phi) is 5.74. The fraction of sp³-hybridized carbons (Fsp3) is 0.419. The van der Waals surface area contributed by atoms with Gasteiger partial charge in [0.15, 0.2) is 0 Å². The molecule has 2 aromatic heterocycles. The van der Waals surface area contributed by atoms with Gasteiger partial charge in [0, 0.05) is 23.3 Å². The largest absolute Gasteiger partial charge is 0.344 e. The maximum absolute atomic E-state index is 5.13. The van der Waals surface area contributed by atoms with E-state index in [4.69, 9.17) is 4.98 Å². The minimum absolute atomic E-state index is 0.402. The number of hydrogen-bond donors (Lipinski definition) is 4. The summed E-state index contributed by atoms with van der Waals surface area (Å²) in [6, 6.07) is 17.4. The van der Waals surface area contributed by atoms with E-state index in [1.54, 1.807) is 0 Å². The number of aromatic nitrogens is 4. The molecule has 2 aliphatic carbocycles. The molecular formula is C31H36N6. The van der Waals surface area contributed by atoms with Crippen LogP contribution in [0.5, 0.6) is 0 Å². The quantitative estimate of drug-likeness (QED) is 0.258. The highest BCUT2D eigenvalue weighted by atomic mass is 15.1. The molecular weight excluding hydrogens is 456 g/mol. The van der Waals surface area contributed by atoms with Crippen molar-refractivity contribution in [1.82, 2.24) is 30.6 Å². The Labute approximate surface area is 218 Å². The van der Waals surface area contributed by atoms with E-state index < -0.39 is 0 Å². The number of rotatable bonds is 7. The standard InChI is InChI=1S/C31H36N6/c1-3-18(2)32-17-29-33-16-28(35-29)20-9-7-19(8-10-20)21-11-12-24-22(13-21)5-4-6-25-30(24)37-31(36-25)27-15-23-14-26(23)34-27/h7-13,16,18,23,26-27,32,34H,3-6,14-15,17H2,1-2H3,(H,33,35)(H,36,37)/t18?,23-,26?,27+/m1/s1. The second-order valence-corrected chi connectivity index (χ2v) is 11.2. The molecule has 0 spiro atoms. The lowest BCUT2D eigenvalue weighted by Gasteiger charge is -2.11. The van der Waals surface area contributed by atoms with E-state index >= 15 is 0 Å². The van der Waals surface area contributed by atoms with Crippen LogP contribution in [0.25, 0.3) is 33.6 Å². The second-order valence-electron chi connectivity index (χ2n) is 11.2. The van der Waals surface area contributed by atoms with Crippen LogP contribution in [-0.2, 0) is 19.4 Å². The molecule has 4 atom stereocenters. The van der Waals surface area contributed by atoms with Gasteiger partial charge in [-0.3, -0.25) is 0 Å². The van der Waals surface area contributed by atoms with Crippen molar-refractivity contribution < 1.29 is 0 Å². The molecule has 3 aliphatic rings. The van der Waals surface area contributed by atoms with Gasteiger partial charge in [0.05, 0.1) is 30.2 Å². The first-order valence-corrected chi connectivity index (χ1v) is 14.0. The lowest BCUT2D eigenvalue weighted by Crippen LogP contribution is -2.24. The van der Waals surface area contributed by atoms with Crippen molar-refractivity contribution in [2.45, 2.75) is 77.0 Å². The highest BCUT2D eigenvalue weighted by Gasteiger charge is 2.47. The molecule has 2 unspecified atom stereocenters. The Bertz CT molecular complexity index is 1400. The molecule has 0 radical (unpaired) electrons. The summed E-state index contributed by atoms with van der Waals surface area (Å²) in [7, 11) is 0. The molecule has 2 aromatic carbocycles. The van der Waals surface area contributed by atoms with Crippen molar-refractivity contribution in [1.29, 1.82) is 0 Å². The Morgan fingerprint density at radius 3 is 2.65 bits per heavy atom. The Morgan fingerprint density at radius 2 is 1.84 bits per heavy atom. The van der Waals surface area contributed by atoms with E-state index in [1.807, 2.05) is 6.20 Å². The van der Waals surface area contributed by atoms with E-state index in [2.05, 4.69) is 81.9 Å². The third kappa shape index (κ3) is 4.42. The number of piperidine rings is 1. The predicted octanol–water partition coefficient (Wildman–Crippen LogP) is 5.93. The number of aromatic amines is 2. The lowest BCUT2D eigenvalue weighted by atomic mass is 9.95. The van der Waals surface area contributed by atoms with Gasteiger partial charge in [-0.05, 0) is 73.6 Å². The van der Waals surface area contributed by atoms with Crippen LogP contribution < -0.4 is 10.6 Å². The van der Waals surface area contributed by atoms with Crippen molar-refractivity contribution in [3.05, 3.63) is 71.6 Å². The van der Waals surface area contributed by atoms with Crippen LogP contribution in [0.4, 0.5) is 0 Å². The number of hydrogen-bond acceptors (Lipinski definition) is 4. The maximum atomic E-state index is 5.13. The summed E-state index contributed by atoms with van der Waals surface area (Å²) in [5, 5.41) is 7.25. The highest BCUT2D eigenvalue weighted by Crippen LogP contribution is 2.46. The fourth-order valence-electron chi connectivity index (χ4n) is 6.05. The third-order valence-corrected chi connectivity index (χ3v) is 8.62. The first-order chi connectivity index (χ1) is 18.1. The number of fused-ring (bicyclic) bond motifs is 4. The molecule has 1 aliphatic heterocycles. The third-order valence-electron chi connectivity index (χ3n) is 8.62. The zero-order valence-electron chi connectivity index (χ0n) is 21.8. The topological polar surface area (TPSA) is 81.4 Å². The summed E-state index contributed by atoms with van der Waals surface area (Å²) in [6.45, 7) is 5.16. The van der Waals surface area contributed by atoms with Gasteiger partial charge in [0.25, 0.3) is 0 Å². The number of benzene rings is 2. The van der Waals surface area contributed by atoms with Gasteiger partial charge in [0.2, 0.25) is 0 Å². The minimum atomic E-state index is 0.402. The average molecular weight is 493 g/mol. The summed E-state index contributed by atoms with van der Waals surface area (Å²) in [4.78, 5) is 16.9. The molecule has 6 nitrogen and oxygen atoms in total. The molecule has 190 valence electrons. The first-order valence-electron chi connectivity index (χ1n) is 14.0. The van der Waals surface area contributed by atoms with Crippen LogP contribution in [0.15, 0.2) is 48.7 Å². The monoisotopic (exact) mass is 492 g/mol. The zero-order chi connectivity index (χ0) is 24.9. The molecule has 4 N–H and O–H groups in total. The second kappa shape index (κ2) is 9.26. The molecule has 0 amide bonds. The molecule has 6 heteroatoms. The van der Waals surface area contributed by atoms with Crippen LogP contribution in [0, 0.1) is 5.92 Å². The SMILES string of the molecule is CCC(C)NCc1ncc(-c2ccc(-c3ccc4c(c3)CCCc3[nH]c([C@@H]5C[C@H]6CC6N5)nc3-4)cc2)[nH]1. The van der Waals surface area contributed by atoms with Crippen LogP contribution in [0.2, 0.25) is 0 Å². The highest BCUT2D eigenvalue weighted by molar-refractivity contribution is 5.75. The Morgan fingerprint density at radius 1 is 1.00 bits per heavy atom. The number of nitrogens with one attached hydrogen (secondary N) is 4. The van der Waals surface area contributed by atoms with Crippen LogP contribution in [-0.4, -0.2) is 32.0 Å². The molecule has 37 heavy (non-hydrogen) atoms. The van der Waals surface area contributed by atoms with Gasteiger partial charge in [0.1, 0.15) is 11.6 Å². The van der Waals surface area contributed by atoms with E-state index in [-0.39, 0.29) is 0 Å². The summed E-state index contributed by atoms with van der Waals surface area (Å²) < 4.78 is 0. The van der Waals surface area contributed by atoms with Crippen molar-refractivity contribution in [2.24, 2.45) is 5.92 Å². The van der Waals surface area contributed by atoms with Crippen molar-refractivity contribution in [3.63, 3.8) is 0 Å². The Hall–Kier alpha value is -3.22. The van der Waals surface area contributed by atoms with Crippen molar-refractivity contribution in [2.75, 3.05) is 0 Å². The van der Waals surface area contributed by atoms with Gasteiger partial charge in [-0.25, -0.2) is 9.97 Å². The van der Waals surface area contributed by atoms with Crippen LogP contribution in [0.3, 0.4) is 0 Å². The number of imidazole rings is 2. The maximum Gasteiger partial charge on any atom is 0.124 e. The van der Waals surface area contributed by atoms with Crippen molar-refractivity contribution in [3.8, 4) is 33.6 Å². The summed E-state index contributed by atoms with van der Waals surface area (Å²) >= 11 is 0. The zero-order valence-corrected chi connectivity index (χ0v) is 21.8. The van der Waals surface area contributed by atoms with E-state index in [0.29, 0.717) is 12.1 Å². The molecule has 1 saturated carbocycles. The van der Waals surface area contributed by atoms with Gasteiger partial charge in [-0.1, -0.05) is 49.4 Å². The number of aryl methyl sites for hydroxylation is 2. The Balaban J connectivity index is 1.10. The fourth-order valence-corrected chi connectivity index (χ4v) is 6.05. The van der Waals surface area contributed by atoms with Crippen LogP contribution in [0.1, 0.15) is 68.5 Å². The van der Waals surface area contributed by atoms with E-state index in [1.165, 1.54) is 46.5 Å². The molecule has 1 saturated heterocycles. The minimum Gasteiger partial charge on any atom is -0.344 e. The first kappa shape index (κ1) is 22.9. The number of H-pyrrole nitrogens is 2. The van der Waals surface area contributed by atoms with Gasteiger partial charge >= 0.3 is 0 Å². The number of nitrogens with zero attached hydrogens (tertiary/aromatic N) is 2. The van der Waals surface area contributed by atoms with Gasteiger partial charge in [-0.2, -0.15) is 0 Å². The van der Waals surface area contributed by atoms with Crippen LogP contribution >= 0.6 is 0 Å². The van der Waals surface area contributed by atoms with Crippen molar-refractivity contribution >= 4 is 0 Å². The predicted molar refractivity (Wildman–Crippen MR) is 148 cm³/mol. The smallest absolute Gasteiger partial charge is 0.124 e. The van der Waals surface area contributed by atoms with Gasteiger partial charge in [-0.15, -0.1) is 0 Å². The summed E-state index contributed by atoms with van der Waals surface area (Å²) in [5.41, 5.74) is 9.92. The summed E-state index contributed by atoms with van der Waals surface area (Å²) in [5.74, 6) is 2.99. The molecule has 3 heterocycles. The molecule has 4 aromatic rings. The average Bonchev–Trinajstić information content (AvgIpc) is 3.28. The molecule has 0 bridgehead atoms. The molecule has 7 rings (SSSR count).